The van der Waals surface area contributed by atoms with Crippen LogP contribution in [0.2, 0.25) is 0 Å². The highest BCUT2D eigenvalue weighted by molar-refractivity contribution is 5.44. The van der Waals surface area contributed by atoms with Crippen LogP contribution in [0, 0.1) is 0 Å². The highest BCUT2D eigenvalue weighted by Gasteiger charge is 2.32. The first-order chi connectivity index (χ1) is 17.8. The lowest BCUT2D eigenvalue weighted by molar-refractivity contribution is -0.0374. The normalized spacial score (nSPS) is 16.6. The molecule has 0 spiro atoms. The van der Waals surface area contributed by atoms with Gasteiger partial charge in [-0.25, -0.2) is 0 Å². The SMILES string of the molecule is CCCO[C@@H]1Cc2ccc(OCc3ccccc3)cc2OC1c1cccc(OCc2ccccc2)c1. The Balaban J connectivity index is 1.33. The summed E-state index contributed by atoms with van der Waals surface area (Å²) in [4.78, 5) is 0. The predicted molar refractivity (Wildman–Crippen MR) is 142 cm³/mol. The second-order valence-electron chi connectivity index (χ2n) is 9.04. The molecule has 184 valence electrons. The Labute approximate surface area is 213 Å². The maximum absolute atomic E-state index is 6.58. The summed E-state index contributed by atoms with van der Waals surface area (Å²) in [5.74, 6) is 2.46. The fourth-order valence-corrected chi connectivity index (χ4v) is 4.40. The summed E-state index contributed by atoms with van der Waals surface area (Å²) < 4.78 is 25.0. The maximum atomic E-state index is 6.58. The van der Waals surface area contributed by atoms with Gasteiger partial charge in [0.2, 0.25) is 0 Å². The van der Waals surface area contributed by atoms with Gasteiger partial charge in [-0.2, -0.15) is 0 Å². The van der Waals surface area contributed by atoms with Crippen LogP contribution in [0.1, 0.15) is 41.7 Å². The second-order valence-corrected chi connectivity index (χ2v) is 9.04. The molecule has 1 aliphatic heterocycles. The lowest BCUT2D eigenvalue weighted by Gasteiger charge is -2.34. The topological polar surface area (TPSA) is 36.9 Å². The van der Waals surface area contributed by atoms with E-state index in [1.165, 1.54) is 0 Å². The highest BCUT2D eigenvalue weighted by Crippen LogP contribution is 2.39. The number of benzene rings is 4. The van der Waals surface area contributed by atoms with E-state index in [1.54, 1.807) is 0 Å². The van der Waals surface area contributed by atoms with Gasteiger partial charge in [0, 0.05) is 19.1 Å². The molecule has 0 bridgehead atoms. The van der Waals surface area contributed by atoms with Crippen LogP contribution in [0.3, 0.4) is 0 Å². The molecule has 0 saturated carbocycles. The molecule has 4 heteroatoms. The Morgan fingerprint density at radius 3 is 2.06 bits per heavy atom. The first kappa shape index (κ1) is 24.0. The Morgan fingerprint density at radius 2 is 1.39 bits per heavy atom. The van der Waals surface area contributed by atoms with E-state index >= 15 is 0 Å². The third-order valence-corrected chi connectivity index (χ3v) is 6.27. The summed E-state index contributed by atoms with van der Waals surface area (Å²) in [5, 5.41) is 0. The third-order valence-electron chi connectivity index (χ3n) is 6.27. The van der Waals surface area contributed by atoms with Crippen LogP contribution in [0.4, 0.5) is 0 Å². The van der Waals surface area contributed by atoms with Crippen LogP contribution in [0.15, 0.2) is 103 Å². The van der Waals surface area contributed by atoms with Gasteiger partial charge in [0.25, 0.3) is 0 Å². The predicted octanol–water partition coefficient (Wildman–Crippen LogP) is 7.32. The molecule has 0 amide bonds. The summed E-state index contributed by atoms with van der Waals surface area (Å²) in [6.45, 7) is 3.87. The molecule has 0 fully saturated rings. The lowest BCUT2D eigenvalue weighted by atomic mass is 9.94. The average molecular weight is 481 g/mol. The van der Waals surface area contributed by atoms with Gasteiger partial charge in [0.1, 0.15) is 36.6 Å². The molecule has 0 saturated heterocycles. The summed E-state index contributed by atoms with van der Waals surface area (Å²) in [7, 11) is 0. The molecule has 5 rings (SSSR count). The zero-order valence-electron chi connectivity index (χ0n) is 20.6. The zero-order valence-corrected chi connectivity index (χ0v) is 20.6. The van der Waals surface area contributed by atoms with Gasteiger partial charge in [0.15, 0.2) is 6.10 Å². The summed E-state index contributed by atoms with van der Waals surface area (Å²) in [5.41, 5.74) is 4.45. The van der Waals surface area contributed by atoms with Crippen LogP contribution >= 0.6 is 0 Å². The first-order valence-corrected chi connectivity index (χ1v) is 12.6. The smallest absolute Gasteiger partial charge is 0.150 e. The molecule has 1 heterocycles. The molecule has 4 aromatic carbocycles. The molecule has 2 atom stereocenters. The summed E-state index contributed by atoms with van der Waals surface area (Å²) in [6.07, 6.45) is 1.45. The van der Waals surface area contributed by atoms with Crippen molar-refractivity contribution in [1.29, 1.82) is 0 Å². The number of rotatable bonds is 10. The molecular weight excluding hydrogens is 448 g/mol. The van der Waals surface area contributed by atoms with Crippen LogP contribution in [-0.2, 0) is 24.4 Å². The van der Waals surface area contributed by atoms with Crippen molar-refractivity contribution in [3.05, 3.63) is 125 Å². The van der Waals surface area contributed by atoms with Crippen LogP contribution < -0.4 is 14.2 Å². The Kier molecular flexibility index (Phi) is 7.84. The van der Waals surface area contributed by atoms with Crippen molar-refractivity contribution in [2.24, 2.45) is 0 Å². The van der Waals surface area contributed by atoms with Crippen molar-refractivity contribution < 1.29 is 18.9 Å². The van der Waals surface area contributed by atoms with E-state index in [0.29, 0.717) is 19.8 Å². The van der Waals surface area contributed by atoms with Gasteiger partial charge in [-0.05, 0) is 46.9 Å². The molecule has 1 aliphatic rings. The van der Waals surface area contributed by atoms with E-state index in [-0.39, 0.29) is 12.2 Å². The fraction of sp³-hybridized carbons (Fsp3) is 0.250. The maximum Gasteiger partial charge on any atom is 0.150 e. The van der Waals surface area contributed by atoms with Gasteiger partial charge in [0.05, 0.1) is 0 Å². The third kappa shape index (κ3) is 6.07. The zero-order chi connectivity index (χ0) is 24.6. The van der Waals surface area contributed by atoms with Gasteiger partial charge < -0.3 is 18.9 Å². The van der Waals surface area contributed by atoms with Gasteiger partial charge in [-0.3, -0.25) is 0 Å². The van der Waals surface area contributed by atoms with E-state index in [2.05, 4.69) is 49.4 Å². The van der Waals surface area contributed by atoms with E-state index in [4.69, 9.17) is 18.9 Å². The monoisotopic (exact) mass is 480 g/mol. The number of ether oxygens (including phenoxy) is 4. The minimum absolute atomic E-state index is 0.0714. The van der Waals surface area contributed by atoms with Gasteiger partial charge in [-0.15, -0.1) is 0 Å². The minimum Gasteiger partial charge on any atom is -0.489 e. The summed E-state index contributed by atoms with van der Waals surface area (Å²) in [6, 6.07) is 34.6. The first-order valence-electron chi connectivity index (χ1n) is 12.6. The van der Waals surface area contributed by atoms with E-state index in [1.807, 2.05) is 60.7 Å². The quantitative estimate of drug-likeness (QED) is 0.238. The van der Waals surface area contributed by atoms with Crippen molar-refractivity contribution in [2.75, 3.05) is 6.61 Å². The molecule has 0 aromatic heterocycles. The molecular formula is C32H32O4. The molecule has 1 unspecified atom stereocenters. The Morgan fingerprint density at radius 1 is 0.722 bits per heavy atom. The van der Waals surface area contributed by atoms with Crippen molar-refractivity contribution in [3.8, 4) is 17.2 Å². The standard InChI is InChI=1S/C32H32O4/c1-2-18-33-31-20-26-16-17-29(35-23-25-12-7-4-8-13-25)21-30(26)36-32(31)27-14-9-15-28(19-27)34-22-24-10-5-3-6-11-24/h3-17,19,21,31-32H,2,18,20,22-23H2,1H3/t31-,32?/m1/s1. The van der Waals surface area contributed by atoms with Gasteiger partial charge in [-0.1, -0.05) is 85.8 Å². The molecule has 0 radical (unpaired) electrons. The lowest BCUT2D eigenvalue weighted by Crippen LogP contribution is -2.33. The Hall–Kier alpha value is -3.76. The summed E-state index contributed by atoms with van der Waals surface area (Å²) >= 11 is 0. The largest absolute Gasteiger partial charge is 0.489 e. The second kappa shape index (κ2) is 11.8. The molecule has 0 N–H and O–H groups in total. The number of hydrogen-bond acceptors (Lipinski definition) is 4. The minimum atomic E-state index is -0.228. The average Bonchev–Trinajstić information content (AvgIpc) is 2.94. The van der Waals surface area contributed by atoms with Crippen LogP contribution in [0.25, 0.3) is 0 Å². The molecule has 4 nitrogen and oxygen atoms in total. The van der Waals surface area contributed by atoms with Crippen molar-refractivity contribution in [3.63, 3.8) is 0 Å². The molecule has 0 aliphatic carbocycles. The van der Waals surface area contributed by atoms with Crippen LogP contribution in [-0.4, -0.2) is 12.7 Å². The van der Waals surface area contributed by atoms with Crippen molar-refractivity contribution in [1.82, 2.24) is 0 Å². The van der Waals surface area contributed by atoms with Gasteiger partial charge >= 0.3 is 0 Å². The van der Waals surface area contributed by atoms with E-state index in [9.17, 15) is 0 Å². The van der Waals surface area contributed by atoms with E-state index < -0.39 is 0 Å². The number of hydrogen-bond donors (Lipinski definition) is 0. The fourth-order valence-electron chi connectivity index (χ4n) is 4.40. The Bertz CT molecular complexity index is 1240. The molecule has 36 heavy (non-hydrogen) atoms. The van der Waals surface area contributed by atoms with Crippen molar-refractivity contribution in [2.45, 2.75) is 45.2 Å². The van der Waals surface area contributed by atoms with Crippen molar-refractivity contribution >= 4 is 0 Å². The molecule has 4 aromatic rings. The highest BCUT2D eigenvalue weighted by atomic mass is 16.5. The van der Waals surface area contributed by atoms with E-state index in [0.717, 1.165) is 52.3 Å². The number of fused-ring (bicyclic) bond motifs is 1. The van der Waals surface area contributed by atoms with Crippen LogP contribution in [0.5, 0.6) is 17.2 Å².